The van der Waals surface area contributed by atoms with Gasteiger partial charge in [-0.2, -0.15) is 5.10 Å². The molecule has 1 heterocycles. The summed E-state index contributed by atoms with van der Waals surface area (Å²) >= 11 is 0. The lowest BCUT2D eigenvalue weighted by Crippen LogP contribution is -2.28. The molecule has 0 radical (unpaired) electrons. The van der Waals surface area contributed by atoms with Gasteiger partial charge in [0.15, 0.2) is 0 Å². The van der Waals surface area contributed by atoms with Crippen molar-refractivity contribution in [3.05, 3.63) is 59.8 Å². The van der Waals surface area contributed by atoms with E-state index in [0.29, 0.717) is 6.54 Å². The molecule has 0 atom stereocenters. The Labute approximate surface area is 122 Å². The van der Waals surface area contributed by atoms with Crippen LogP contribution in [0, 0.1) is 6.92 Å². The van der Waals surface area contributed by atoms with Crippen molar-refractivity contribution in [2.24, 2.45) is 0 Å². The van der Waals surface area contributed by atoms with Gasteiger partial charge in [-0.25, -0.2) is 4.79 Å². The van der Waals surface area contributed by atoms with Crippen molar-refractivity contribution in [2.75, 3.05) is 5.32 Å². The monoisotopic (exact) mass is 280 g/mol. The zero-order chi connectivity index (χ0) is 14.7. The first kappa shape index (κ1) is 13.2. The van der Waals surface area contributed by atoms with E-state index >= 15 is 0 Å². The van der Waals surface area contributed by atoms with Crippen LogP contribution in [0.2, 0.25) is 0 Å². The molecular weight excluding hydrogens is 264 g/mol. The molecule has 0 aliphatic carbocycles. The van der Waals surface area contributed by atoms with Crippen molar-refractivity contribution >= 4 is 22.6 Å². The Kier molecular flexibility index (Phi) is 3.55. The minimum Gasteiger partial charge on any atom is -0.334 e. The molecular formula is C16H16N4O. The number of aromatic amines is 1. The molecule has 0 unspecified atom stereocenters. The van der Waals surface area contributed by atoms with Gasteiger partial charge in [-0.1, -0.05) is 24.3 Å². The van der Waals surface area contributed by atoms with Crippen LogP contribution < -0.4 is 10.6 Å². The summed E-state index contributed by atoms with van der Waals surface area (Å²) in [6, 6.07) is 13.4. The van der Waals surface area contributed by atoms with Crippen LogP contribution in [0.25, 0.3) is 10.9 Å². The third-order valence-electron chi connectivity index (χ3n) is 3.40. The molecule has 106 valence electrons. The van der Waals surface area contributed by atoms with Crippen LogP contribution in [0.15, 0.2) is 48.7 Å². The van der Waals surface area contributed by atoms with Crippen LogP contribution >= 0.6 is 0 Å². The fourth-order valence-corrected chi connectivity index (χ4v) is 2.17. The van der Waals surface area contributed by atoms with Crippen LogP contribution in [0.1, 0.15) is 11.1 Å². The Balaban J connectivity index is 1.62. The Morgan fingerprint density at radius 3 is 2.95 bits per heavy atom. The summed E-state index contributed by atoms with van der Waals surface area (Å²) in [4.78, 5) is 11.9. The minimum absolute atomic E-state index is 0.225. The van der Waals surface area contributed by atoms with Crippen LogP contribution in [-0.4, -0.2) is 16.2 Å². The van der Waals surface area contributed by atoms with Gasteiger partial charge in [-0.15, -0.1) is 0 Å². The summed E-state index contributed by atoms with van der Waals surface area (Å²) in [5.74, 6) is 0. The predicted molar refractivity (Wildman–Crippen MR) is 83.1 cm³/mol. The van der Waals surface area contributed by atoms with Crippen molar-refractivity contribution in [3.63, 3.8) is 0 Å². The number of hydrogen-bond donors (Lipinski definition) is 3. The SMILES string of the molecule is Cc1ccccc1CNC(=O)Nc1ccc2cn[nH]c2c1. The zero-order valence-corrected chi connectivity index (χ0v) is 11.7. The van der Waals surface area contributed by atoms with Gasteiger partial charge in [0.25, 0.3) is 0 Å². The van der Waals surface area contributed by atoms with Gasteiger partial charge >= 0.3 is 6.03 Å². The van der Waals surface area contributed by atoms with Crippen molar-refractivity contribution in [2.45, 2.75) is 13.5 Å². The number of carbonyl (C=O) groups excluding carboxylic acids is 1. The first-order chi connectivity index (χ1) is 10.2. The highest BCUT2D eigenvalue weighted by molar-refractivity contribution is 5.92. The maximum Gasteiger partial charge on any atom is 0.319 e. The number of hydrogen-bond acceptors (Lipinski definition) is 2. The summed E-state index contributed by atoms with van der Waals surface area (Å²) in [5.41, 5.74) is 3.90. The van der Waals surface area contributed by atoms with Crippen LogP contribution in [0.5, 0.6) is 0 Å². The molecule has 3 N–H and O–H groups in total. The van der Waals surface area contributed by atoms with E-state index in [1.807, 2.05) is 49.4 Å². The van der Waals surface area contributed by atoms with Gasteiger partial charge in [0, 0.05) is 17.6 Å². The van der Waals surface area contributed by atoms with E-state index in [0.717, 1.165) is 27.7 Å². The summed E-state index contributed by atoms with van der Waals surface area (Å²) in [7, 11) is 0. The number of nitrogens with one attached hydrogen (secondary N) is 3. The number of aromatic nitrogens is 2. The van der Waals surface area contributed by atoms with Crippen LogP contribution in [0.4, 0.5) is 10.5 Å². The molecule has 0 fully saturated rings. The number of nitrogens with zero attached hydrogens (tertiary/aromatic N) is 1. The molecule has 0 aliphatic rings. The Morgan fingerprint density at radius 1 is 1.24 bits per heavy atom. The molecule has 0 bridgehead atoms. The third-order valence-corrected chi connectivity index (χ3v) is 3.40. The zero-order valence-electron chi connectivity index (χ0n) is 11.7. The van der Waals surface area contributed by atoms with Gasteiger partial charge < -0.3 is 10.6 Å². The number of urea groups is 1. The van der Waals surface area contributed by atoms with Gasteiger partial charge in [0.1, 0.15) is 0 Å². The van der Waals surface area contributed by atoms with Crippen LogP contribution in [-0.2, 0) is 6.54 Å². The average Bonchev–Trinajstić information content (AvgIpc) is 2.94. The first-order valence-electron chi connectivity index (χ1n) is 6.75. The van der Waals surface area contributed by atoms with Crippen molar-refractivity contribution in [3.8, 4) is 0 Å². The number of aryl methyl sites for hydroxylation is 1. The van der Waals surface area contributed by atoms with E-state index in [1.54, 1.807) is 6.20 Å². The summed E-state index contributed by atoms with van der Waals surface area (Å²) in [5, 5.41) is 13.5. The number of fused-ring (bicyclic) bond motifs is 1. The number of rotatable bonds is 3. The molecule has 1 aromatic heterocycles. The second-order valence-corrected chi connectivity index (χ2v) is 4.91. The average molecular weight is 280 g/mol. The lowest BCUT2D eigenvalue weighted by atomic mass is 10.1. The fourth-order valence-electron chi connectivity index (χ4n) is 2.17. The lowest BCUT2D eigenvalue weighted by Gasteiger charge is -2.09. The Morgan fingerprint density at radius 2 is 2.10 bits per heavy atom. The minimum atomic E-state index is -0.225. The lowest BCUT2D eigenvalue weighted by molar-refractivity contribution is 0.251. The highest BCUT2D eigenvalue weighted by Gasteiger charge is 2.04. The van der Waals surface area contributed by atoms with Crippen LogP contribution in [0.3, 0.4) is 0 Å². The molecule has 5 heteroatoms. The predicted octanol–water partition coefficient (Wildman–Crippen LogP) is 3.19. The molecule has 0 saturated carbocycles. The molecule has 0 spiro atoms. The normalized spacial score (nSPS) is 10.5. The maximum absolute atomic E-state index is 11.9. The third kappa shape index (κ3) is 3.02. The van der Waals surface area contributed by atoms with Crippen molar-refractivity contribution in [1.29, 1.82) is 0 Å². The van der Waals surface area contributed by atoms with E-state index in [9.17, 15) is 4.79 Å². The molecule has 2 aromatic carbocycles. The summed E-state index contributed by atoms with van der Waals surface area (Å²) in [6.45, 7) is 2.53. The highest BCUT2D eigenvalue weighted by atomic mass is 16.2. The maximum atomic E-state index is 11.9. The van der Waals surface area contributed by atoms with E-state index in [-0.39, 0.29) is 6.03 Å². The van der Waals surface area contributed by atoms with Gasteiger partial charge in [0.05, 0.1) is 11.7 Å². The van der Waals surface area contributed by atoms with E-state index in [1.165, 1.54) is 0 Å². The first-order valence-corrected chi connectivity index (χ1v) is 6.75. The van der Waals surface area contributed by atoms with Gasteiger partial charge in [-0.05, 0) is 36.2 Å². The summed E-state index contributed by atoms with van der Waals surface area (Å²) < 4.78 is 0. The van der Waals surface area contributed by atoms with Crippen molar-refractivity contribution in [1.82, 2.24) is 15.5 Å². The smallest absolute Gasteiger partial charge is 0.319 e. The number of anilines is 1. The number of amides is 2. The molecule has 0 aliphatic heterocycles. The van der Waals surface area contributed by atoms with E-state index in [2.05, 4.69) is 20.8 Å². The standard InChI is InChI=1S/C16H16N4O/c1-11-4-2-3-5-12(11)9-17-16(21)19-14-7-6-13-10-18-20-15(13)8-14/h2-8,10H,9H2,1H3,(H,18,20)(H2,17,19,21). The highest BCUT2D eigenvalue weighted by Crippen LogP contribution is 2.16. The Bertz CT molecular complexity index is 779. The van der Waals surface area contributed by atoms with Crippen molar-refractivity contribution < 1.29 is 4.79 Å². The molecule has 3 rings (SSSR count). The van der Waals surface area contributed by atoms with E-state index < -0.39 is 0 Å². The molecule has 3 aromatic rings. The quantitative estimate of drug-likeness (QED) is 0.689. The number of carbonyl (C=O) groups is 1. The molecule has 5 nitrogen and oxygen atoms in total. The fraction of sp³-hybridized carbons (Fsp3) is 0.125. The summed E-state index contributed by atoms with van der Waals surface area (Å²) in [6.07, 6.45) is 1.75. The Hall–Kier alpha value is -2.82. The number of H-pyrrole nitrogens is 1. The topological polar surface area (TPSA) is 69.8 Å². The van der Waals surface area contributed by atoms with Gasteiger partial charge in [-0.3, -0.25) is 5.10 Å². The second-order valence-electron chi connectivity index (χ2n) is 4.91. The largest absolute Gasteiger partial charge is 0.334 e. The van der Waals surface area contributed by atoms with E-state index in [4.69, 9.17) is 0 Å². The number of benzene rings is 2. The molecule has 2 amide bonds. The molecule has 0 saturated heterocycles. The second kappa shape index (κ2) is 5.66. The van der Waals surface area contributed by atoms with Gasteiger partial charge in [0.2, 0.25) is 0 Å². The molecule has 21 heavy (non-hydrogen) atoms.